The number of aromatic hydroxyl groups is 1. The van der Waals surface area contributed by atoms with Crippen LogP contribution in [-0.4, -0.2) is 65.9 Å². The van der Waals surface area contributed by atoms with Gasteiger partial charge in [0.15, 0.2) is 0 Å². The second kappa shape index (κ2) is 9.96. The molecule has 1 aromatic carbocycles. The number of carboxylic acids is 2. The van der Waals surface area contributed by atoms with Crippen LogP contribution in [0, 0.1) is 0 Å². The zero-order valence-corrected chi connectivity index (χ0v) is 17.4. The minimum Gasteiger partial charge on any atom is -0.493 e. The van der Waals surface area contributed by atoms with Gasteiger partial charge in [-0.25, -0.2) is 4.79 Å². The predicted molar refractivity (Wildman–Crippen MR) is 116 cm³/mol. The number of aromatic nitrogens is 3. The number of fused-ring (bicyclic) bond motifs is 1. The smallest absolute Gasteiger partial charge is 0.326 e. The Morgan fingerprint density at radius 3 is 2.39 bits per heavy atom. The number of nitrogens with zero attached hydrogens (tertiary/aromatic N) is 2. The number of rotatable bonds is 10. The fourth-order valence-corrected chi connectivity index (χ4v) is 3.59. The number of nitrogens with one attached hydrogen (secondary N) is 2. The second-order valence-corrected chi connectivity index (χ2v) is 7.36. The third-order valence-electron chi connectivity index (χ3n) is 5.18. The van der Waals surface area contributed by atoms with Gasteiger partial charge in [0.25, 0.3) is 5.91 Å². The third-order valence-corrected chi connectivity index (χ3v) is 5.18. The first kappa shape index (κ1) is 23.5. The average molecular weight is 457 g/mol. The Morgan fingerprint density at radius 2 is 1.79 bits per heavy atom. The molecular weight excluding hydrogens is 434 g/mol. The van der Waals surface area contributed by atoms with Gasteiger partial charge in [-0.1, -0.05) is 12.1 Å². The molecule has 2 heterocycles. The summed E-state index contributed by atoms with van der Waals surface area (Å²) >= 11 is 0. The number of carbonyl (C=O) groups excluding carboxylic acids is 1. The van der Waals surface area contributed by atoms with E-state index in [0.29, 0.717) is 23.0 Å². The highest BCUT2D eigenvalue weighted by Gasteiger charge is 2.24. The van der Waals surface area contributed by atoms with Crippen molar-refractivity contribution in [1.82, 2.24) is 20.3 Å². The summed E-state index contributed by atoms with van der Waals surface area (Å²) in [5.41, 5.74) is 7.44. The largest absolute Gasteiger partial charge is 0.493 e. The Bertz CT molecular complexity index is 1180. The number of hydrogen-bond donors (Lipinski definition) is 7. The van der Waals surface area contributed by atoms with Crippen LogP contribution in [-0.2, 0) is 9.59 Å². The Balaban J connectivity index is 1.84. The maximum absolute atomic E-state index is 12.5. The van der Waals surface area contributed by atoms with Crippen LogP contribution in [0.1, 0.15) is 46.7 Å². The van der Waals surface area contributed by atoms with Crippen LogP contribution in [0.2, 0.25) is 0 Å². The van der Waals surface area contributed by atoms with E-state index in [1.165, 1.54) is 12.1 Å². The molecular formula is C21H23N5O7. The van der Waals surface area contributed by atoms with Crippen molar-refractivity contribution in [2.45, 2.75) is 31.2 Å². The fourth-order valence-electron chi connectivity index (χ4n) is 3.59. The van der Waals surface area contributed by atoms with E-state index < -0.39 is 30.3 Å². The normalized spacial score (nSPS) is 12.9. The van der Waals surface area contributed by atoms with Crippen molar-refractivity contribution in [3.63, 3.8) is 0 Å². The second-order valence-electron chi connectivity index (χ2n) is 7.36. The quantitative estimate of drug-likeness (QED) is 0.227. The number of carboxylic acid groups (broad SMARTS) is 2. The number of aliphatic hydroxyl groups excluding tert-OH is 1. The molecule has 0 saturated heterocycles. The van der Waals surface area contributed by atoms with Gasteiger partial charge in [-0.05, 0) is 36.1 Å². The summed E-state index contributed by atoms with van der Waals surface area (Å²) in [6, 6.07) is 4.95. The lowest BCUT2D eigenvalue weighted by molar-refractivity contribution is -0.140. The molecule has 0 aliphatic carbocycles. The Labute approximate surface area is 187 Å². The first-order valence-corrected chi connectivity index (χ1v) is 10.0. The van der Waals surface area contributed by atoms with E-state index in [2.05, 4.69) is 20.3 Å². The number of carbonyl (C=O) groups is 3. The van der Waals surface area contributed by atoms with Gasteiger partial charge < -0.3 is 36.5 Å². The van der Waals surface area contributed by atoms with Crippen molar-refractivity contribution in [2.75, 3.05) is 12.3 Å². The van der Waals surface area contributed by atoms with Crippen LogP contribution in [0.5, 0.6) is 5.88 Å². The van der Waals surface area contributed by atoms with Gasteiger partial charge in [0.2, 0.25) is 11.8 Å². The summed E-state index contributed by atoms with van der Waals surface area (Å²) in [6.45, 7) is -0.153. The Hall–Kier alpha value is -4.19. The van der Waals surface area contributed by atoms with Crippen molar-refractivity contribution >= 4 is 34.8 Å². The van der Waals surface area contributed by atoms with Gasteiger partial charge >= 0.3 is 11.9 Å². The number of nitrogens with two attached hydrogens (primary N) is 1. The van der Waals surface area contributed by atoms with Gasteiger partial charge in [-0.3, -0.25) is 9.59 Å². The zero-order valence-electron chi connectivity index (χ0n) is 17.4. The molecule has 0 bridgehead atoms. The summed E-state index contributed by atoms with van der Waals surface area (Å²) in [4.78, 5) is 45.2. The number of aliphatic hydroxyl groups is 1. The number of benzene rings is 1. The molecule has 0 saturated carbocycles. The number of anilines is 1. The lowest BCUT2D eigenvalue weighted by Gasteiger charge is -2.17. The van der Waals surface area contributed by atoms with E-state index in [-0.39, 0.29) is 36.3 Å². The molecule has 0 fully saturated rings. The maximum Gasteiger partial charge on any atom is 0.326 e. The summed E-state index contributed by atoms with van der Waals surface area (Å²) in [7, 11) is 0. The Morgan fingerprint density at radius 1 is 1.09 bits per heavy atom. The van der Waals surface area contributed by atoms with Crippen molar-refractivity contribution in [1.29, 1.82) is 0 Å². The molecule has 174 valence electrons. The number of nitrogen functional groups attached to an aromatic ring is 1. The van der Waals surface area contributed by atoms with Crippen molar-refractivity contribution < 1.29 is 34.8 Å². The van der Waals surface area contributed by atoms with E-state index in [4.69, 9.17) is 10.8 Å². The first-order chi connectivity index (χ1) is 15.7. The SMILES string of the molecule is Nc1nc(O)c2c(C(CCO)c3ccc(C(=O)N[C@@H](CCC(=O)O)C(=O)O)cc3)c[nH]c2n1. The molecule has 2 aromatic heterocycles. The zero-order chi connectivity index (χ0) is 24.1. The Kier molecular flexibility index (Phi) is 7.08. The fraction of sp³-hybridized carbons (Fsp3) is 0.286. The molecule has 12 heteroatoms. The summed E-state index contributed by atoms with van der Waals surface area (Å²) in [5, 5.41) is 40.5. The van der Waals surface area contributed by atoms with Crippen LogP contribution >= 0.6 is 0 Å². The van der Waals surface area contributed by atoms with E-state index in [0.717, 1.165) is 5.56 Å². The van der Waals surface area contributed by atoms with Crippen molar-refractivity contribution in [2.24, 2.45) is 0 Å². The molecule has 3 rings (SSSR count). The van der Waals surface area contributed by atoms with E-state index in [1.807, 2.05) is 0 Å². The van der Waals surface area contributed by atoms with E-state index in [1.54, 1.807) is 18.3 Å². The molecule has 2 atom stereocenters. The summed E-state index contributed by atoms with van der Waals surface area (Å²) in [5.74, 6) is -3.91. The molecule has 1 amide bonds. The molecule has 0 aliphatic heterocycles. The standard InChI is InChI=1S/C21H23N5O7/c22-21-25-17-16(19(31)26-21)13(9-23-17)12(7-8-27)10-1-3-11(4-2-10)18(30)24-14(20(32)33)5-6-15(28)29/h1-4,9,12,14,27H,5-8H2,(H,24,30)(H,28,29)(H,32,33)(H4,22,23,25,26,31)/t12?,14-/m0/s1. The first-order valence-electron chi connectivity index (χ1n) is 10.0. The monoisotopic (exact) mass is 457 g/mol. The van der Waals surface area contributed by atoms with E-state index >= 15 is 0 Å². The molecule has 8 N–H and O–H groups in total. The van der Waals surface area contributed by atoms with Gasteiger partial charge in [-0.2, -0.15) is 9.97 Å². The average Bonchev–Trinajstić information content (AvgIpc) is 3.18. The van der Waals surface area contributed by atoms with Crippen LogP contribution in [0.25, 0.3) is 11.0 Å². The highest BCUT2D eigenvalue weighted by atomic mass is 16.4. The summed E-state index contributed by atoms with van der Waals surface area (Å²) < 4.78 is 0. The molecule has 3 aromatic rings. The lowest BCUT2D eigenvalue weighted by Crippen LogP contribution is -2.41. The molecule has 0 radical (unpaired) electrons. The molecule has 0 spiro atoms. The molecule has 0 aliphatic rings. The predicted octanol–water partition coefficient (Wildman–Crippen LogP) is 0.808. The van der Waals surface area contributed by atoms with Crippen LogP contribution in [0.3, 0.4) is 0 Å². The number of aliphatic carboxylic acids is 2. The molecule has 1 unspecified atom stereocenters. The van der Waals surface area contributed by atoms with Crippen LogP contribution in [0.4, 0.5) is 5.95 Å². The van der Waals surface area contributed by atoms with Gasteiger partial charge in [-0.15, -0.1) is 0 Å². The summed E-state index contributed by atoms with van der Waals surface area (Å²) in [6.07, 6.45) is 1.30. The highest BCUT2D eigenvalue weighted by molar-refractivity contribution is 5.96. The van der Waals surface area contributed by atoms with Crippen molar-refractivity contribution in [3.05, 3.63) is 47.2 Å². The topological polar surface area (TPSA) is 212 Å². The number of hydrogen-bond acceptors (Lipinski definition) is 8. The molecule has 12 nitrogen and oxygen atoms in total. The van der Waals surface area contributed by atoms with Gasteiger partial charge in [0.1, 0.15) is 11.7 Å². The van der Waals surface area contributed by atoms with Crippen LogP contribution in [0.15, 0.2) is 30.5 Å². The third kappa shape index (κ3) is 5.36. The van der Waals surface area contributed by atoms with E-state index in [9.17, 15) is 29.7 Å². The number of amides is 1. The van der Waals surface area contributed by atoms with Gasteiger partial charge in [0, 0.05) is 30.7 Å². The molecule has 33 heavy (non-hydrogen) atoms. The number of aromatic amines is 1. The number of H-pyrrole nitrogens is 1. The minimum absolute atomic E-state index is 0.0921. The van der Waals surface area contributed by atoms with Crippen LogP contribution < -0.4 is 11.1 Å². The lowest BCUT2D eigenvalue weighted by atomic mass is 9.88. The minimum atomic E-state index is -1.34. The van der Waals surface area contributed by atoms with Gasteiger partial charge in [0.05, 0.1) is 5.39 Å². The van der Waals surface area contributed by atoms with Crippen molar-refractivity contribution in [3.8, 4) is 5.88 Å². The highest BCUT2D eigenvalue weighted by Crippen LogP contribution is 2.36. The maximum atomic E-state index is 12.5.